The zero-order valence-corrected chi connectivity index (χ0v) is 22.9. The molecular weight excluding hydrogens is 536 g/mol. The molecule has 1 aromatic heterocycles. The maximum absolute atomic E-state index is 13.3. The second-order valence-corrected chi connectivity index (χ2v) is 13.0. The molecule has 1 fully saturated rings. The lowest BCUT2D eigenvalue weighted by Gasteiger charge is -2.24. The molecule has 3 aromatic rings. The highest BCUT2D eigenvalue weighted by Crippen LogP contribution is 2.51. The molecule has 1 saturated carbocycles. The van der Waals surface area contributed by atoms with Crippen LogP contribution in [0.2, 0.25) is 5.02 Å². The van der Waals surface area contributed by atoms with Gasteiger partial charge in [-0.15, -0.1) is 0 Å². The summed E-state index contributed by atoms with van der Waals surface area (Å²) < 4.78 is 42.0. The summed E-state index contributed by atoms with van der Waals surface area (Å²) in [6, 6.07) is 11.8. The lowest BCUT2D eigenvalue weighted by molar-refractivity contribution is -0.118. The van der Waals surface area contributed by atoms with Crippen molar-refractivity contribution in [1.82, 2.24) is 14.4 Å². The van der Waals surface area contributed by atoms with Gasteiger partial charge in [0.25, 0.3) is 10.2 Å². The zero-order valence-electron chi connectivity index (χ0n) is 20.5. The van der Waals surface area contributed by atoms with Crippen molar-refractivity contribution < 1.29 is 22.7 Å². The van der Waals surface area contributed by atoms with Gasteiger partial charge in [0.1, 0.15) is 0 Å². The average Bonchev–Trinajstić information content (AvgIpc) is 3.27. The number of nitrogens with zero attached hydrogens (tertiary/aromatic N) is 1. The van der Waals surface area contributed by atoms with Crippen LogP contribution in [-0.4, -0.2) is 31.6 Å². The van der Waals surface area contributed by atoms with Gasteiger partial charge in [0, 0.05) is 21.6 Å². The summed E-state index contributed by atoms with van der Waals surface area (Å²) in [5.41, 5.74) is 0.0921. The molecular formula is C25H27ClN4O5S2. The minimum Gasteiger partial charge on any atom is -0.454 e. The van der Waals surface area contributed by atoms with E-state index in [9.17, 15) is 13.2 Å². The Balaban J connectivity index is 1.39. The van der Waals surface area contributed by atoms with E-state index in [2.05, 4.69) is 19.7 Å². The van der Waals surface area contributed by atoms with Crippen LogP contribution in [0.15, 0.2) is 48.7 Å². The summed E-state index contributed by atoms with van der Waals surface area (Å²) in [6.07, 6.45) is 2.96. The quantitative estimate of drug-likeness (QED) is 0.372. The summed E-state index contributed by atoms with van der Waals surface area (Å²) in [7, 11) is -3.91. The second kappa shape index (κ2) is 9.55. The number of aromatic nitrogens is 1. The van der Waals surface area contributed by atoms with Gasteiger partial charge in [0.05, 0.1) is 11.5 Å². The number of hydrogen-bond donors (Lipinski definition) is 3. The van der Waals surface area contributed by atoms with E-state index in [1.807, 2.05) is 18.2 Å². The van der Waals surface area contributed by atoms with Gasteiger partial charge in [-0.3, -0.25) is 4.79 Å². The molecule has 2 aromatic carbocycles. The molecule has 0 spiro atoms. The number of halogens is 1. The van der Waals surface area contributed by atoms with Crippen LogP contribution in [0, 0.1) is 0 Å². The van der Waals surface area contributed by atoms with Crippen LogP contribution in [0.3, 0.4) is 0 Å². The number of hydrogen-bond acceptors (Lipinski definition) is 7. The second-order valence-electron chi connectivity index (χ2n) is 10.1. The van der Waals surface area contributed by atoms with Crippen LogP contribution in [-0.2, 0) is 20.4 Å². The minimum atomic E-state index is -3.91. The largest absolute Gasteiger partial charge is 0.454 e. The highest BCUT2D eigenvalue weighted by atomic mass is 35.5. The lowest BCUT2D eigenvalue weighted by Crippen LogP contribution is -2.47. The van der Waals surface area contributed by atoms with Gasteiger partial charge in [-0.1, -0.05) is 47.2 Å². The molecule has 3 N–H and O–H groups in total. The first-order valence-electron chi connectivity index (χ1n) is 11.7. The van der Waals surface area contributed by atoms with Gasteiger partial charge in [-0.05, 0) is 62.9 Å². The lowest BCUT2D eigenvalue weighted by atomic mass is 9.94. The maximum atomic E-state index is 13.3. The number of anilines is 1. The standard InChI is InChI=1S/C25H27ClN4O5S2/c1-24(2,3)30-37(32,33)29-21(16-6-4-5-7-17(16)26)20-13-27-23(36-20)28-22(31)25(10-11-25)15-8-9-18-19(12-15)35-14-34-18/h4-9,12-13,21,29-30H,10-11,14H2,1-3H3,(H,27,28,31)/t21-/m1/s1. The summed E-state index contributed by atoms with van der Waals surface area (Å²) in [6.45, 7) is 5.43. The Morgan fingerprint density at radius 1 is 1.14 bits per heavy atom. The van der Waals surface area contributed by atoms with Crippen molar-refractivity contribution in [2.24, 2.45) is 0 Å². The molecule has 2 heterocycles. The Morgan fingerprint density at radius 3 is 2.57 bits per heavy atom. The summed E-state index contributed by atoms with van der Waals surface area (Å²) >= 11 is 7.63. The topological polar surface area (TPSA) is 119 Å². The third kappa shape index (κ3) is 5.60. The molecule has 196 valence electrons. The fourth-order valence-corrected chi connectivity index (χ4v) is 6.86. The summed E-state index contributed by atoms with van der Waals surface area (Å²) in [5, 5.41) is 3.70. The molecule has 0 saturated heterocycles. The Bertz CT molecular complexity index is 1450. The van der Waals surface area contributed by atoms with Gasteiger partial charge in [-0.25, -0.2) is 4.98 Å². The number of carbonyl (C=O) groups is 1. The van der Waals surface area contributed by atoms with Crippen molar-refractivity contribution in [3.05, 3.63) is 69.7 Å². The Labute approximate surface area is 224 Å². The first kappa shape index (κ1) is 25.9. The van der Waals surface area contributed by atoms with Crippen molar-refractivity contribution >= 4 is 44.2 Å². The number of carbonyl (C=O) groups excluding carboxylic acids is 1. The van der Waals surface area contributed by atoms with Crippen molar-refractivity contribution in [1.29, 1.82) is 0 Å². The van der Waals surface area contributed by atoms with E-state index in [1.54, 1.807) is 51.2 Å². The van der Waals surface area contributed by atoms with Crippen LogP contribution >= 0.6 is 22.9 Å². The van der Waals surface area contributed by atoms with E-state index in [1.165, 1.54) is 11.3 Å². The molecule has 1 atom stereocenters. The Hall–Kier alpha value is -2.70. The number of amides is 1. The minimum absolute atomic E-state index is 0.168. The van der Waals surface area contributed by atoms with Crippen molar-refractivity contribution in [3.63, 3.8) is 0 Å². The van der Waals surface area contributed by atoms with Crippen molar-refractivity contribution in [2.75, 3.05) is 12.1 Å². The van der Waals surface area contributed by atoms with E-state index in [-0.39, 0.29) is 12.7 Å². The van der Waals surface area contributed by atoms with E-state index in [0.717, 1.165) is 5.56 Å². The van der Waals surface area contributed by atoms with Crippen LogP contribution in [0.25, 0.3) is 0 Å². The Morgan fingerprint density at radius 2 is 1.86 bits per heavy atom. The Kier molecular flexibility index (Phi) is 6.70. The van der Waals surface area contributed by atoms with E-state index < -0.39 is 27.2 Å². The number of thiazole rings is 1. The third-order valence-corrected chi connectivity index (χ3v) is 8.82. The normalized spacial score (nSPS) is 16.9. The van der Waals surface area contributed by atoms with E-state index in [0.29, 0.717) is 44.9 Å². The predicted molar refractivity (Wildman–Crippen MR) is 142 cm³/mol. The summed E-state index contributed by atoms with van der Waals surface area (Å²) in [4.78, 5) is 18.3. The van der Waals surface area contributed by atoms with Gasteiger partial charge in [0.2, 0.25) is 12.7 Å². The smallest absolute Gasteiger partial charge is 0.278 e. The molecule has 9 nitrogen and oxygen atoms in total. The van der Waals surface area contributed by atoms with Crippen LogP contribution in [0.4, 0.5) is 5.13 Å². The highest BCUT2D eigenvalue weighted by molar-refractivity contribution is 7.87. The van der Waals surface area contributed by atoms with Gasteiger partial charge >= 0.3 is 0 Å². The predicted octanol–water partition coefficient (Wildman–Crippen LogP) is 4.51. The molecule has 12 heteroatoms. The van der Waals surface area contributed by atoms with Gasteiger partial charge in [0.15, 0.2) is 16.6 Å². The highest BCUT2D eigenvalue weighted by Gasteiger charge is 2.52. The first-order valence-corrected chi connectivity index (χ1v) is 14.4. The third-order valence-electron chi connectivity index (χ3n) is 6.07. The number of fused-ring (bicyclic) bond motifs is 1. The maximum Gasteiger partial charge on any atom is 0.278 e. The van der Waals surface area contributed by atoms with E-state index in [4.69, 9.17) is 21.1 Å². The number of nitrogens with one attached hydrogen (secondary N) is 3. The molecule has 0 radical (unpaired) electrons. The fraction of sp³-hybridized carbons (Fsp3) is 0.360. The van der Waals surface area contributed by atoms with Crippen molar-refractivity contribution in [2.45, 2.75) is 50.6 Å². The average molecular weight is 563 g/mol. The fourth-order valence-electron chi connectivity index (χ4n) is 4.23. The molecule has 1 aliphatic carbocycles. The molecule has 1 amide bonds. The van der Waals surface area contributed by atoms with Crippen LogP contribution in [0.1, 0.15) is 55.7 Å². The van der Waals surface area contributed by atoms with Gasteiger partial charge < -0.3 is 14.8 Å². The van der Waals surface area contributed by atoms with Crippen LogP contribution in [0.5, 0.6) is 11.5 Å². The molecule has 1 aliphatic heterocycles. The molecule has 0 bridgehead atoms. The SMILES string of the molecule is CC(C)(C)NS(=O)(=O)N[C@@H](c1cnc(NC(=O)C2(c3ccc4c(c3)OCO4)CC2)s1)c1ccccc1Cl. The molecule has 37 heavy (non-hydrogen) atoms. The molecule has 5 rings (SSSR count). The number of ether oxygens (including phenoxy) is 2. The van der Waals surface area contributed by atoms with Crippen molar-refractivity contribution in [3.8, 4) is 11.5 Å². The number of benzene rings is 2. The zero-order chi connectivity index (χ0) is 26.4. The van der Waals surface area contributed by atoms with Crippen LogP contribution < -0.4 is 24.2 Å². The number of rotatable bonds is 8. The monoisotopic (exact) mass is 562 g/mol. The molecule has 2 aliphatic rings. The van der Waals surface area contributed by atoms with E-state index >= 15 is 0 Å². The first-order chi connectivity index (χ1) is 17.5. The summed E-state index contributed by atoms with van der Waals surface area (Å²) in [5.74, 6) is 1.13. The van der Waals surface area contributed by atoms with Gasteiger partial charge in [-0.2, -0.15) is 17.9 Å². The molecule has 0 unspecified atom stereocenters.